The number of hydrogen-bond donors (Lipinski definition) is 0. The molecule has 0 spiro atoms. The van der Waals surface area contributed by atoms with Gasteiger partial charge in [0.05, 0.1) is 16.8 Å². The number of furan rings is 1. The van der Waals surface area contributed by atoms with E-state index in [2.05, 4.69) is 151 Å². The molecule has 0 aliphatic carbocycles. The van der Waals surface area contributed by atoms with Gasteiger partial charge in [-0.15, -0.1) is 11.6 Å². The number of para-hydroxylation sites is 1. The van der Waals surface area contributed by atoms with Gasteiger partial charge in [-0.05, 0) is 68.6 Å². The molecule has 5 aromatic carbocycles. The molecule has 266 valence electrons. The molecule has 0 amide bonds. The van der Waals surface area contributed by atoms with E-state index in [0.29, 0.717) is 23.1 Å². The number of benzene rings is 5. The SMILES string of the molecule is CC(C)c1cc2ccc3c(-c4cc(C(C)(C)C)ccn4)[c-]c(Oc4ccc5c6ccccc6n(-c6[c-]ccc(C(C)(C)C)c6)c5n4)c4oc(c1)c2c34.[Pt+2]. The normalized spacial score (nSPS) is 12.5. The van der Waals surface area contributed by atoms with Gasteiger partial charge in [0.25, 0.3) is 0 Å². The van der Waals surface area contributed by atoms with Crippen LogP contribution < -0.4 is 4.74 Å². The molecular formula is C47H41N3O2Pt. The number of hydrogen-bond acceptors (Lipinski definition) is 4. The van der Waals surface area contributed by atoms with Gasteiger partial charge in [0.15, 0.2) is 0 Å². The molecule has 4 heterocycles. The van der Waals surface area contributed by atoms with Crippen LogP contribution in [0.15, 0.2) is 102 Å². The molecule has 0 aliphatic heterocycles. The Labute approximate surface area is 324 Å². The van der Waals surface area contributed by atoms with E-state index in [0.717, 1.165) is 66.0 Å². The fourth-order valence-electron chi connectivity index (χ4n) is 7.45. The zero-order chi connectivity index (χ0) is 36.1. The summed E-state index contributed by atoms with van der Waals surface area (Å²) in [7, 11) is 0. The third-order valence-electron chi connectivity index (χ3n) is 10.4. The molecule has 9 rings (SSSR count). The Morgan fingerprint density at radius 2 is 1.53 bits per heavy atom. The van der Waals surface area contributed by atoms with Crippen LogP contribution in [0, 0.1) is 12.1 Å². The van der Waals surface area contributed by atoms with Gasteiger partial charge >= 0.3 is 21.1 Å². The van der Waals surface area contributed by atoms with Crippen LogP contribution in [-0.2, 0) is 31.9 Å². The molecule has 0 atom stereocenters. The average molecular weight is 875 g/mol. The maximum atomic E-state index is 6.81. The van der Waals surface area contributed by atoms with Gasteiger partial charge in [-0.25, -0.2) is 0 Å². The minimum Gasteiger partial charge on any atom is -0.497 e. The second kappa shape index (κ2) is 12.6. The van der Waals surface area contributed by atoms with Crippen LogP contribution in [0.3, 0.4) is 0 Å². The predicted octanol–water partition coefficient (Wildman–Crippen LogP) is 12.8. The van der Waals surface area contributed by atoms with Crippen molar-refractivity contribution >= 4 is 54.6 Å². The first-order valence-electron chi connectivity index (χ1n) is 18.1. The Kier molecular flexibility index (Phi) is 8.31. The molecule has 0 aliphatic rings. The molecule has 6 heteroatoms. The number of nitrogens with zero attached hydrogens (tertiary/aromatic N) is 3. The molecule has 0 bridgehead atoms. The van der Waals surface area contributed by atoms with Crippen molar-refractivity contribution in [1.82, 2.24) is 14.5 Å². The molecule has 0 radical (unpaired) electrons. The summed E-state index contributed by atoms with van der Waals surface area (Å²) < 4.78 is 15.7. The van der Waals surface area contributed by atoms with Crippen molar-refractivity contribution in [3.63, 3.8) is 0 Å². The maximum absolute atomic E-state index is 6.81. The van der Waals surface area contributed by atoms with E-state index in [1.165, 1.54) is 16.7 Å². The van der Waals surface area contributed by atoms with E-state index in [4.69, 9.17) is 19.1 Å². The number of aromatic nitrogens is 3. The van der Waals surface area contributed by atoms with Gasteiger partial charge < -0.3 is 18.7 Å². The summed E-state index contributed by atoms with van der Waals surface area (Å²) in [6.07, 6.45) is 1.89. The minimum absolute atomic E-state index is 0. The van der Waals surface area contributed by atoms with Crippen LogP contribution in [0.4, 0.5) is 0 Å². The Hall–Kier alpha value is -4.99. The zero-order valence-electron chi connectivity index (χ0n) is 31.3. The van der Waals surface area contributed by atoms with Gasteiger partial charge in [-0.1, -0.05) is 115 Å². The van der Waals surface area contributed by atoms with Crippen molar-refractivity contribution in [3.05, 3.63) is 126 Å². The molecule has 0 saturated carbocycles. The largest absolute Gasteiger partial charge is 2.00 e. The van der Waals surface area contributed by atoms with Crippen molar-refractivity contribution in [1.29, 1.82) is 0 Å². The summed E-state index contributed by atoms with van der Waals surface area (Å²) in [5, 5.41) is 6.43. The summed E-state index contributed by atoms with van der Waals surface area (Å²) in [6, 6.07) is 39.0. The molecule has 4 aromatic heterocycles. The number of fused-ring (bicyclic) bond motifs is 3. The number of rotatable bonds is 5. The number of ether oxygens (including phenoxy) is 1. The zero-order valence-corrected chi connectivity index (χ0v) is 33.6. The van der Waals surface area contributed by atoms with Crippen molar-refractivity contribution in [2.45, 2.75) is 72.1 Å². The van der Waals surface area contributed by atoms with Crippen molar-refractivity contribution < 1.29 is 30.2 Å². The molecule has 9 aromatic rings. The molecule has 0 fully saturated rings. The topological polar surface area (TPSA) is 53.1 Å². The van der Waals surface area contributed by atoms with Crippen LogP contribution in [0.25, 0.3) is 71.6 Å². The van der Waals surface area contributed by atoms with E-state index < -0.39 is 0 Å². The first-order chi connectivity index (χ1) is 24.8. The fraction of sp³-hybridized carbons (Fsp3) is 0.234. The Morgan fingerprint density at radius 3 is 2.30 bits per heavy atom. The van der Waals surface area contributed by atoms with Crippen molar-refractivity contribution in [3.8, 4) is 28.6 Å². The minimum atomic E-state index is -0.0431. The van der Waals surface area contributed by atoms with E-state index in [-0.39, 0.29) is 31.9 Å². The quantitative estimate of drug-likeness (QED) is 0.128. The average Bonchev–Trinajstić information content (AvgIpc) is 3.67. The smallest absolute Gasteiger partial charge is 0.497 e. The van der Waals surface area contributed by atoms with Crippen LogP contribution in [-0.4, -0.2) is 14.5 Å². The van der Waals surface area contributed by atoms with Gasteiger partial charge in [0, 0.05) is 28.4 Å². The Bertz CT molecular complexity index is 2830. The summed E-state index contributed by atoms with van der Waals surface area (Å²) in [5.41, 5.74) is 9.61. The van der Waals surface area contributed by atoms with Crippen LogP contribution in [0.1, 0.15) is 78.0 Å². The Morgan fingerprint density at radius 1 is 0.774 bits per heavy atom. The van der Waals surface area contributed by atoms with Crippen molar-refractivity contribution in [2.75, 3.05) is 0 Å². The van der Waals surface area contributed by atoms with Gasteiger partial charge in [-0.3, -0.25) is 0 Å². The van der Waals surface area contributed by atoms with Crippen LogP contribution >= 0.6 is 0 Å². The van der Waals surface area contributed by atoms with Gasteiger partial charge in [0.2, 0.25) is 5.88 Å². The van der Waals surface area contributed by atoms with E-state index in [1.54, 1.807) is 0 Å². The van der Waals surface area contributed by atoms with E-state index in [1.807, 2.05) is 18.3 Å². The second-order valence-corrected chi connectivity index (χ2v) is 16.4. The Balaban J connectivity index is 0.00000400. The predicted molar refractivity (Wildman–Crippen MR) is 213 cm³/mol. The standard InChI is InChI=1S/C47H41N3O2.Pt/c1-27(2)29-22-28-16-17-34-36(37-25-31(20-21-48-37)47(6,7)8)26-40(44-43(34)42(28)39(23-29)52-44)51-41-19-18-35-33-14-9-10-15-38(33)50(45(35)49-41)32-13-11-12-30(24-32)46(3,4)5;/h9-12,14-25,27H,1-8H3;/q-2;+2. The first kappa shape index (κ1) is 35.1. The summed E-state index contributed by atoms with van der Waals surface area (Å²) in [6.45, 7) is 17.8. The molecule has 0 saturated heterocycles. The van der Waals surface area contributed by atoms with Crippen molar-refractivity contribution in [2.24, 2.45) is 0 Å². The van der Waals surface area contributed by atoms with E-state index >= 15 is 0 Å². The number of pyridine rings is 2. The van der Waals surface area contributed by atoms with Gasteiger partial charge in [0.1, 0.15) is 11.2 Å². The second-order valence-electron chi connectivity index (χ2n) is 16.4. The summed E-state index contributed by atoms with van der Waals surface area (Å²) in [5.74, 6) is 1.29. The molecule has 5 nitrogen and oxygen atoms in total. The fourth-order valence-corrected chi connectivity index (χ4v) is 7.45. The molecule has 0 N–H and O–H groups in total. The third kappa shape index (κ3) is 5.81. The molecule has 53 heavy (non-hydrogen) atoms. The summed E-state index contributed by atoms with van der Waals surface area (Å²) >= 11 is 0. The monoisotopic (exact) mass is 874 g/mol. The first-order valence-corrected chi connectivity index (χ1v) is 18.1. The van der Waals surface area contributed by atoms with Crippen LogP contribution in [0.2, 0.25) is 0 Å². The molecular weight excluding hydrogens is 834 g/mol. The molecule has 0 unspecified atom stereocenters. The maximum Gasteiger partial charge on any atom is 2.00 e. The summed E-state index contributed by atoms with van der Waals surface area (Å²) in [4.78, 5) is 10.1. The van der Waals surface area contributed by atoms with E-state index in [9.17, 15) is 0 Å². The van der Waals surface area contributed by atoms with Gasteiger partial charge in [-0.2, -0.15) is 28.7 Å². The van der Waals surface area contributed by atoms with Crippen LogP contribution in [0.5, 0.6) is 11.6 Å². The third-order valence-corrected chi connectivity index (χ3v) is 10.4.